The normalized spacial score (nSPS) is 10.9. The molecular weight excluding hydrogens is 283 g/mol. The van der Waals surface area contributed by atoms with E-state index in [2.05, 4.69) is 4.98 Å². The first-order valence-electron chi connectivity index (χ1n) is 7.54. The third-order valence-electron chi connectivity index (χ3n) is 3.67. The zero-order chi connectivity index (χ0) is 16.3. The molecule has 2 rings (SSSR count). The molecule has 0 saturated heterocycles. The van der Waals surface area contributed by atoms with Crippen molar-refractivity contribution in [3.8, 4) is 0 Å². The van der Waals surface area contributed by atoms with E-state index < -0.39 is 5.97 Å². The summed E-state index contributed by atoms with van der Waals surface area (Å²) < 4.78 is 15.7. The van der Waals surface area contributed by atoms with Crippen molar-refractivity contribution in [1.29, 1.82) is 0 Å². The Balaban J connectivity index is 2.51. The fourth-order valence-corrected chi connectivity index (χ4v) is 2.58. The third-order valence-corrected chi connectivity index (χ3v) is 3.67. The Kier molecular flexibility index (Phi) is 4.96. The summed E-state index contributed by atoms with van der Waals surface area (Å²) >= 11 is 0. The SMILES string of the molecule is CCCc1nc(CC)c(C(=O)O)n1Cc1ccc(C)cc1F. The van der Waals surface area contributed by atoms with E-state index in [9.17, 15) is 14.3 Å². The molecular formula is C17H21FN2O2. The average molecular weight is 304 g/mol. The number of rotatable bonds is 6. The predicted octanol–water partition coefficient (Wildman–Crippen LogP) is 3.59. The monoisotopic (exact) mass is 304 g/mol. The van der Waals surface area contributed by atoms with E-state index in [1.54, 1.807) is 10.6 Å². The number of nitrogens with zero attached hydrogens (tertiary/aromatic N) is 2. The summed E-state index contributed by atoms with van der Waals surface area (Å²) in [7, 11) is 0. The molecule has 5 heteroatoms. The Hall–Kier alpha value is -2.17. The molecule has 0 aliphatic carbocycles. The Morgan fingerprint density at radius 1 is 1.36 bits per heavy atom. The molecule has 1 N–H and O–H groups in total. The van der Waals surface area contributed by atoms with Crippen molar-refractivity contribution in [3.05, 3.63) is 52.4 Å². The van der Waals surface area contributed by atoms with Gasteiger partial charge in [0.1, 0.15) is 11.6 Å². The summed E-state index contributed by atoms with van der Waals surface area (Å²) in [6.07, 6.45) is 2.07. The first-order valence-corrected chi connectivity index (χ1v) is 7.54. The van der Waals surface area contributed by atoms with E-state index in [1.165, 1.54) is 6.07 Å². The van der Waals surface area contributed by atoms with E-state index in [4.69, 9.17) is 0 Å². The topological polar surface area (TPSA) is 55.1 Å². The number of aromatic carboxylic acids is 1. The van der Waals surface area contributed by atoms with Gasteiger partial charge < -0.3 is 9.67 Å². The number of imidazole rings is 1. The number of carboxylic acid groups (broad SMARTS) is 1. The number of hydrogen-bond acceptors (Lipinski definition) is 2. The number of aryl methyl sites for hydroxylation is 3. The minimum absolute atomic E-state index is 0.172. The number of hydrogen-bond donors (Lipinski definition) is 1. The zero-order valence-corrected chi connectivity index (χ0v) is 13.2. The van der Waals surface area contributed by atoms with Crippen LogP contribution in [-0.4, -0.2) is 20.6 Å². The molecule has 0 unspecified atom stereocenters. The molecule has 0 amide bonds. The Bertz CT molecular complexity index is 692. The van der Waals surface area contributed by atoms with E-state index in [-0.39, 0.29) is 18.1 Å². The van der Waals surface area contributed by atoms with Gasteiger partial charge in [-0.2, -0.15) is 0 Å². The largest absolute Gasteiger partial charge is 0.477 e. The Morgan fingerprint density at radius 3 is 2.64 bits per heavy atom. The molecule has 4 nitrogen and oxygen atoms in total. The fourth-order valence-electron chi connectivity index (χ4n) is 2.58. The number of halogens is 1. The molecule has 1 aromatic heterocycles. The molecule has 0 bridgehead atoms. The number of carbonyl (C=O) groups is 1. The van der Waals surface area contributed by atoms with Crippen LogP contribution in [0.15, 0.2) is 18.2 Å². The van der Waals surface area contributed by atoms with Gasteiger partial charge in [0.15, 0.2) is 5.69 Å². The molecule has 118 valence electrons. The minimum Gasteiger partial charge on any atom is -0.477 e. The zero-order valence-electron chi connectivity index (χ0n) is 13.2. The van der Waals surface area contributed by atoms with Gasteiger partial charge in [0.05, 0.1) is 12.2 Å². The van der Waals surface area contributed by atoms with Gasteiger partial charge in [-0.25, -0.2) is 14.2 Å². The van der Waals surface area contributed by atoms with Gasteiger partial charge >= 0.3 is 5.97 Å². The lowest BCUT2D eigenvalue weighted by Gasteiger charge is -2.11. The highest BCUT2D eigenvalue weighted by Crippen LogP contribution is 2.19. The molecule has 0 saturated carbocycles. The van der Waals surface area contributed by atoms with Crippen LogP contribution in [0.1, 0.15) is 53.4 Å². The lowest BCUT2D eigenvalue weighted by atomic mass is 10.1. The second kappa shape index (κ2) is 6.73. The summed E-state index contributed by atoms with van der Waals surface area (Å²) in [6.45, 7) is 5.90. The summed E-state index contributed by atoms with van der Waals surface area (Å²) in [5.41, 5.74) is 2.05. The molecule has 0 radical (unpaired) electrons. The van der Waals surface area contributed by atoms with Crippen molar-refractivity contribution in [2.75, 3.05) is 0 Å². The second-order valence-corrected chi connectivity index (χ2v) is 5.41. The maximum atomic E-state index is 14.1. The number of benzene rings is 1. The molecule has 0 fully saturated rings. The van der Waals surface area contributed by atoms with E-state index in [0.29, 0.717) is 29.9 Å². The van der Waals surface area contributed by atoms with E-state index in [0.717, 1.165) is 12.0 Å². The summed E-state index contributed by atoms with van der Waals surface area (Å²) in [4.78, 5) is 16.0. The molecule has 0 spiro atoms. The van der Waals surface area contributed by atoms with Crippen molar-refractivity contribution in [1.82, 2.24) is 9.55 Å². The van der Waals surface area contributed by atoms with Crippen LogP contribution in [0.25, 0.3) is 0 Å². The Morgan fingerprint density at radius 2 is 2.09 bits per heavy atom. The number of carboxylic acids is 1. The highest BCUT2D eigenvalue weighted by Gasteiger charge is 2.21. The van der Waals surface area contributed by atoms with Crippen molar-refractivity contribution < 1.29 is 14.3 Å². The molecule has 0 aliphatic heterocycles. The van der Waals surface area contributed by atoms with Gasteiger partial charge in [-0.15, -0.1) is 0 Å². The molecule has 1 heterocycles. The van der Waals surface area contributed by atoms with Crippen molar-refractivity contribution >= 4 is 5.97 Å². The maximum Gasteiger partial charge on any atom is 0.354 e. The van der Waals surface area contributed by atoms with Gasteiger partial charge in [-0.3, -0.25) is 0 Å². The van der Waals surface area contributed by atoms with E-state index in [1.807, 2.05) is 26.8 Å². The van der Waals surface area contributed by atoms with Gasteiger partial charge in [-0.05, 0) is 31.4 Å². The second-order valence-electron chi connectivity index (χ2n) is 5.41. The van der Waals surface area contributed by atoms with Crippen LogP contribution < -0.4 is 0 Å². The highest BCUT2D eigenvalue weighted by molar-refractivity contribution is 5.87. The summed E-state index contributed by atoms with van der Waals surface area (Å²) in [5, 5.41) is 9.50. The third kappa shape index (κ3) is 3.18. The molecule has 1 aromatic carbocycles. The van der Waals surface area contributed by atoms with Crippen LogP contribution >= 0.6 is 0 Å². The molecule has 2 aromatic rings. The first-order chi connectivity index (χ1) is 10.5. The van der Waals surface area contributed by atoms with Crippen LogP contribution in [0, 0.1) is 12.7 Å². The molecule has 0 aliphatic rings. The Labute approximate surface area is 129 Å². The smallest absolute Gasteiger partial charge is 0.354 e. The van der Waals surface area contributed by atoms with Crippen LogP contribution in [-0.2, 0) is 19.4 Å². The lowest BCUT2D eigenvalue weighted by molar-refractivity contribution is 0.0684. The van der Waals surface area contributed by atoms with Gasteiger partial charge in [-0.1, -0.05) is 26.0 Å². The summed E-state index contributed by atoms with van der Waals surface area (Å²) in [6, 6.07) is 5.00. The molecule has 0 atom stereocenters. The first kappa shape index (κ1) is 16.2. The molecule has 22 heavy (non-hydrogen) atoms. The van der Waals surface area contributed by atoms with Crippen molar-refractivity contribution in [3.63, 3.8) is 0 Å². The van der Waals surface area contributed by atoms with Crippen LogP contribution in [0.5, 0.6) is 0 Å². The lowest BCUT2D eigenvalue weighted by Crippen LogP contribution is -2.14. The summed E-state index contributed by atoms with van der Waals surface area (Å²) in [5.74, 6) is -0.624. The maximum absolute atomic E-state index is 14.1. The van der Waals surface area contributed by atoms with Crippen molar-refractivity contribution in [2.45, 2.75) is 46.6 Å². The standard InChI is InChI=1S/C17H21FN2O2/c1-4-6-15-19-14(5-2)16(17(21)22)20(15)10-12-8-7-11(3)9-13(12)18/h7-9H,4-6,10H2,1-3H3,(H,21,22). The minimum atomic E-state index is -1.01. The van der Waals surface area contributed by atoms with Crippen molar-refractivity contribution in [2.24, 2.45) is 0 Å². The highest BCUT2D eigenvalue weighted by atomic mass is 19.1. The van der Waals surface area contributed by atoms with Gasteiger partial charge in [0.25, 0.3) is 0 Å². The fraction of sp³-hybridized carbons (Fsp3) is 0.412. The van der Waals surface area contributed by atoms with Crippen LogP contribution in [0.3, 0.4) is 0 Å². The van der Waals surface area contributed by atoms with Crippen LogP contribution in [0.2, 0.25) is 0 Å². The van der Waals surface area contributed by atoms with Gasteiger partial charge in [0.2, 0.25) is 0 Å². The predicted molar refractivity (Wildman–Crippen MR) is 82.8 cm³/mol. The van der Waals surface area contributed by atoms with Crippen LogP contribution in [0.4, 0.5) is 4.39 Å². The van der Waals surface area contributed by atoms with Gasteiger partial charge in [0, 0.05) is 12.0 Å². The quantitative estimate of drug-likeness (QED) is 0.887. The van der Waals surface area contributed by atoms with E-state index >= 15 is 0 Å². The number of aromatic nitrogens is 2. The average Bonchev–Trinajstić information content (AvgIpc) is 2.80.